The molecule has 0 spiro atoms. The summed E-state index contributed by atoms with van der Waals surface area (Å²) in [5.41, 5.74) is -1.24. The Balaban J connectivity index is -0.000000252. The minimum atomic E-state index is -0.523. The van der Waals surface area contributed by atoms with Crippen LogP contribution >= 0.6 is 0 Å². The van der Waals surface area contributed by atoms with Crippen LogP contribution in [0.4, 0.5) is 0 Å². The number of likely N-dealkylation sites (N-methyl/N-ethyl adjacent to an activating group) is 4. The molecule has 0 aliphatic heterocycles. The fourth-order valence-electron chi connectivity index (χ4n) is 11.7. The number of carbonyl (C=O) groups excluding carboxylic acids is 16. The van der Waals surface area contributed by atoms with Crippen LogP contribution in [-0.4, -0.2) is 226 Å². The van der Waals surface area contributed by atoms with E-state index in [1.165, 1.54) is 35.0 Å². The van der Waals surface area contributed by atoms with Crippen molar-refractivity contribution in [1.82, 2.24) is 74.4 Å². The Morgan fingerprint density at radius 1 is 0.234 bits per heavy atom. The van der Waals surface area contributed by atoms with E-state index in [1.54, 1.807) is 6.92 Å². The van der Waals surface area contributed by atoms with Gasteiger partial charge in [-0.2, -0.15) is 0 Å². The number of carbonyl (C=O) groups is 16. The summed E-state index contributed by atoms with van der Waals surface area (Å²) in [6.45, 7) is 68.7. The molecule has 0 bridgehead atoms. The summed E-state index contributed by atoms with van der Waals surface area (Å²) in [5.74, 6) is -6.40. The Labute approximate surface area is 751 Å². The summed E-state index contributed by atoms with van der Waals surface area (Å²) in [6, 6.07) is -2.41. The van der Waals surface area contributed by atoms with Crippen molar-refractivity contribution in [2.75, 3.05) is 27.7 Å². The van der Waals surface area contributed by atoms with Crippen LogP contribution in [0, 0.1) is 0 Å². The molecule has 0 heterocycles. The molecular formula is C94H184N14O16. The molecule has 0 radical (unpaired) electrons. The van der Waals surface area contributed by atoms with E-state index < -0.39 is 35.4 Å². The van der Waals surface area contributed by atoms with Crippen molar-refractivity contribution >= 4 is 93.3 Å². The molecule has 2 aliphatic carbocycles. The van der Waals surface area contributed by atoms with Crippen molar-refractivity contribution < 1.29 is 76.7 Å². The van der Waals surface area contributed by atoms with Gasteiger partial charge in [-0.15, -0.1) is 0 Å². The minimum Gasteiger partial charge on any atom is -0.353 e. The van der Waals surface area contributed by atoms with Gasteiger partial charge in [-0.25, -0.2) is 0 Å². The van der Waals surface area contributed by atoms with Gasteiger partial charge in [0.2, 0.25) is 46.3 Å². The maximum absolute atomic E-state index is 12.0. The third-order valence-electron chi connectivity index (χ3n) is 16.9. The zero-order chi connectivity index (χ0) is 97.8. The molecule has 2 fully saturated rings. The average Bonchev–Trinajstić information content (AvgIpc) is 1.79. The van der Waals surface area contributed by atoms with Crippen LogP contribution in [0.2, 0.25) is 0 Å². The minimum absolute atomic E-state index is 0. The summed E-state index contributed by atoms with van der Waals surface area (Å²) in [4.78, 5) is 184. The van der Waals surface area contributed by atoms with Crippen LogP contribution in [0.1, 0.15) is 378 Å². The highest BCUT2D eigenvalue weighted by Gasteiger charge is 2.36. The maximum atomic E-state index is 12.0. The van der Waals surface area contributed by atoms with E-state index in [4.69, 9.17) is 0 Å². The van der Waals surface area contributed by atoms with Crippen molar-refractivity contribution in [1.29, 1.82) is 0 Å². The maximum Gasteiger partial charge on any atom is 0.289 e. The first-order chi connectivity index (χ1) is 56.0. The average molecular weight is 1770 g/mol. The lowest BCUT2D eigenvalue weighted by Gasteiger charge is -2.27. The topological polar surface area (TPSA) is 442 Å². The number of Topliss-reactive ketones (excluding diaryl/α,β-unsaturated/α-hetero) is 10. The molecule has 0 aromatic rings. The quantitative estimate of drug-likeness (QED) is 0.0252. The monoisotopic (exact) mass is 1770 g/mol. The van der Waals surface area contributed by atoms with E-state index in [0.29, 0.717) is 45.1 Å². The van der Waals surface area contributed by atoms with Gasteiger partial charge in [0.05, 0.1) is 48.3 Å². The molecule has 2 aliphatic rings. The molecule has 0 saturated heterocycles. The van der Waals surface area contributed by atoms with Crippen LogP contribution in [0.25, 0.3) is 0 Å². The smallest absolute Gasteiger partial charge is 0.289 e. The van der Waals surface area contributed by atoms with Crippen molar-refractivity contribution in [2.24, 2.45) is 0 Å². The van der Waals surface area contributed by atoms with Crippen LogP contribution in [0.5, 0.6) is 0 Å². The van der Waals surface area contributed by atoms with E-state index in [2.05, 4.69) is 74.4 Å². The van der Waals surface area contributed by atoms with Crippen LogP contribution in [0.3, 0.4) is 0 Å². The SMILES string of the molecule is C.CCCC(NC(C)(C)C)C(=O)C(=O)NC.CCCC(NC(C)(C)C)C(=O)C(=O)NC1CC1.CCCC(NC(C)(C)C)C(=O)C(=O)NCC.CCCC(NC(C)(C)C)C(=O)C(C)=O.CCC[C@H](NC(C)(C)C)C(=O)C(=O)NC.CCC[C@H](NC(C)(C)C)C(=O)C(=O)NC.CCC[C@H](NC(C)(C)C)C(=O)C(=O)NC1CC1.CCC[C@H](NC(C)(C)C)C(=O)C(C)=O. The summed E-state index contributed by atoms with van der Waals surface area (Å²) >= 11 is 0. The highest BCUT2D eigenvalue weighted by molar-refractivity contribution is 6.41. The molecule has 0 aromatic heterocycles. The standard InChI is InChI=1S/2C13H24N2O2.C12H24N2O2.3C11H22N2O2.2C11H21NO2.CH4/c2*1-5-6-10(15-13(2,3)4)11(16)12(17)14-9-7-8-9;1-6-8-9(14-12(3,4)5)10(15)11(16)13-7-2;3*1-6-7-8(13-11(2,3)4)9(14)10(15)12-5;2*1-6-7-9(10(14)8(2)13)12-11(3,4)5;/h2*9-10,15H,5-8H2,1-4H3,(H,14,17);9,14H,6-8H2,1-5H3,(H,13,16);3*8,13H,6-7H2,1-5H3,(H,12,15);2*9,12H,6-7H2,1-5H3;1H4/t10-;;;2*8-;;9-;;/m0..00.0../s1. The van der Waals surface area contributed by atoms with Gasteiger partial charge in [-0.3, -0.25) is 76.7 Å². The molecule has 0 aromatic carbocycles. The van der Waals surface area contributed by atoms with Crippen molar-refractivity contribution in [3.8, 4) is 0 Å². The predicted octanol–water partition coefficient (Wildman–Crippen LogP) is 10.6. The molecule has 2 saturated carbocycles. The number of ketones is 10. The van der Waals surface area contributed by atoms with Crippen LogP contribution in [-0.2, 0) is 76.7 Å². The van der Waals surface area contributed by atoms with Gasteiger partial charge in [-0.05, 0) is 250 Å². The highest BCUT2D eigenvalue weighted by atomic mass is 16.2. The lowest BCUT2D eigenvalue weighted by Crippen LogP contribution is -2.52. The predicted molar refractivity (Wildman–Crippen MR) is 504 cm³/mol. The number of rotatable bonds is 43. The lowest BCUT2D eigenvalue weighted by atomic mass is 10.00. The second-order valence-electron chi connectivity index (χ2n) is 40.0. The van der Waals surface area contributed by atoms with Gasteiger partial charge < -0.3 is 74.4 Å². The zero-order valence-electron chi connectivity index (χ0n) is 84.2. The van der Waals surface area contributed by atoms with Gasteiger partial charge >= 0.3 is 0 Å². The summed E-state index contributed by atoms with van der Waals surface area (Å²) in [5, 5.41) is 40.6. The third kappa shape index (κ3) is 72.3. The molecule has 30 heteroatoms. The summed E-state index contributed by atoms with van der Waals surface area (Å²) in [7, 11) is 4.42. The van der Waals surface area contributed by atoms with Gasteiger partial charge in [0, 0.05) is 97.9 Å². The van der Waals surface area contributed by atoms with Gasteiger partial charge in [-0.1, -0.05) is 114 Å². The molecule has 4 unspecified atom stereocenters. The van der Waals surface area contributed by atoms with Gasteiger partial charge in [0.1, 0.15) is 0 Å². The Kier molecular flexibility index (Phi) is 68.2. The van der Waals surface area contributed by atoms with Crippen molar-refractivity contribution in [3.63, 3.8) is 0 Å². The molecule has 30 nitrogen and oxygen atoms in total. The molecular weight excluding hydrogens is 1580 g/mol. The third-order valence-corrected chi connectivity index (χ3v) is 16.9. The largest absolute Gasteiger partial charge is 0.353 e. The van der Waals surface area contributed by atoms with Crippen molar-refractivity contribution in [3.05, 3.63) is 0 Å². The molecule has 14 N–H and O–H groups in total. The highest BCUT2D eigenvalue weighted by Crippen LogP contribution is 2.21. The molecule has 8 atom stereocenters. The van der Waals surface area contributed by atoms with E-state index in [-0.39, 0.29) is 170 Å². The van der Waals surface area contributed by atoms with Gasteiger partial charge in [0.15, 0.2) is 11.6 Å². The Morgan fingerprint density at radius 3 is 0.484 bits per heavy atom. The molecule has 2 rings (SSSR count). The summed E-state index contributed by atoms with van der Waals surface area (Å²) < 4.78 is 0. The van der Waals surface area contributed by atoms with E-state index in [9.17, 15) is 76.7 Å². The first-order valence-corrected chi connectivity index (χ1v) is 45.1. The fourth-order valence-corrected chi connectivity index (χ4v) is 11.7. The first kappa shape index (κ1) is 130. The number of hydrogen-bond donors (Lipinski definition) is 14. The van der Waals surface area contributed by atoms with Crippen molar-refractivity contribution in [2.45, 2.75) is 483 Å². The van der Waals surface area contributed by atoms with E-state index in [1.807, 2.05) is 222 Å². The fraction of sp³-hybridized carbons (Fsp3) is 0.830. The second-order valence-corrected chi connectivity index (χ2v) is 40.0. The Morgan fingerprint density at radius 2 is 0.371 bits per heavy atom. The second kappa shape index (κ2) is 64.9. The van der Waals surface area contributed by atoms with E-state index >= 15 is 0 Å². The van der Waals surface area contributed by atoms with Gasteiger partial charge in [0.25, 0.3) is 35.4 Å². The van der Waals surface area contributed by atoms with Crippen LogP contribution in [0.15, 0.2) is 0 Å². The number of hydrogen-bond acceptors (Lipinski definition) is 24. The Bertz CT molecular complexity index is 2980. The van der Waals surface area contributed by atoms with Crippen LogP contribution < -0.4 is 74.4 Å². The zero-order valence-corrected chi connectivity index (χ0v) is 84.2. The molecule has 124 heavy (non-hydrogen) atoms. The van der Waals surface area contributed by atoms with E-state index in [0.717, 1.165) is 89.9 Å². The number of amides is 6. The lowest BCUT2D eigenvalue weighted by molar-refractivity contribution is -0.139. The normalized spacial score (nSPS) is 14.5. The molecule has 6 amide bonds. The molecule has 726 valence electrons. The Hall–Kier alpha value is -6.80. The first-order valence-electron chi connectivity index (χ1n) is 45.1. The number of nitrogens with one attached hydrogen (secondary N) is 14. The summed E-state index contributed by atoms with van der Waals surface area (Å²) in [6.07, 6.45) is 16.6.